The minimum Gasteiger partial charge on any atom is -0.484 e. The Morgan fingerprint density at radius 2 is 1.78 bits per heavy atom. The summed E-state index contributed by atoms with van der Waals surface area (Å²) in [6.07, 6.45) is 0. The van der Waals surface area contributed by atoms with E-state index in [9.17, 15) is 9.59 Å². The lowest BCUT2D eigenvalue weighted by molar-refractivity contribution is -0.123. The number of aromatic nitrogens is 2. The summed E-state index contributed by atoms with van der Waals surface area (Å²) >= 11 is 5.89. The molecule has 0 aliphatic heterocycles. The van der Waals surface area contributed by atoms with Crippen LogP contribution in [0.25, 0.3) is 11.3 Å². The molecule has 27 heavy (non-hydrogen) atoms. The maximum Gasteiger partial charge on any atom is 0.266 e. The van der Waals surface area contributed by atoms with Crippen molar-refractivity contribution < 1.29 is 9.53 Å². The lowest BCUT2D eigenvalue weighted by Gasteiger charge is -2.09. The lowest BCUT2D eigenvalue weighted by atomic mass is 10.1. The van der Waals surface area contributed by atoms with Gasteiger partial charge in [-0.2, -0.15) is 5.10 Å². The Labute approximate surface area is 161 Å². The lowest BCUT2D eigenvalue weighted by Crippen LogP contribution is -2.34. The van der Waals surface area contributed by atoms with Crippen molar-refractivity contribution >= 4 is 17.5 Å². The molecular weight excluding hydrogens is 366 g/mol. The predicted octanol–water partition coefficient (Wildman–Crippen LogP) is 2.76. The molecule has 0 aliphatic rings. The van der Waals surface area contributed by atoms with Crippen LogP contribution in [-0.4, -0.2) is 28.8 Å². The smallest absolute Gasteiger partial charge is 0.266 e. The second-order valence-electron chi connectivity index (χ2n) is 5.74. The van der Waals surface area contributed by atoms with Gasteiger partial charge in [-0.3, -0.25) is 9.59 Å². The zero-order valence-electron chi connectivity index (χ0n) is 14.5. The minimum absolute atomic E-state index is 0.0862. The second kappa shape index (κ2) is 9.00. The number of hydrogen-bond donors (Lipinski definition) is 1. The molecule has 0 bridgehead atoms. The van der Waals surface area contributed by atoms with Crippen LogP contribution < -0.4 is 15.6 Å². The molecule has 0 unspecified atom stereocenters. The van der Waals surface area contributed by atoms with E-state index in [0.29, 0.717) is 16.5 Å². The van der Waals surface area contributed by atoms with Crippen LogP contribution in [0.5, 0.6) is 5.75 Å². The summed E-state index contributed by atoms with van der Waals surface area (Å²) in [4.78, 5) is 23.8. The summed E-state index contributed by atoms with van der Waals surface area (Å²) in [7, 11) is 0. The molecule has 1 heterocycles. The number of carbonyl (C=O) groups is 1. The van der Waals surface area contributed by atoms with E-state index in [4.69, 9.17) is 16.3 Å². The average Bonchev–Trinajstić information content (AvgIpc) is 2.69. The van der Waals surface area contributed by atoms with Crippen LogP contribution in [-0.2, 0) is 11.3 Å². The van der Waals surface area contributed by atoms with E-state index in [1.165, 1.54) is 10.7 Å². The number of amides is 1. The molecule has 6 nitrogen and oxygen atoms in total. The van der Waals surface area contributed by atoms with Crippen LogP contribution in [0.15, 0.2) is 71.5 Å². The van der Waals surface area contributed by atoms with Gasteiger partial charge in [0.2, 0.25) is 0 Å². The van der Waals surface area contributed by atoms with Crippen molar-refractivity contribution in [2.45, 2.75) is 6.54 Å². The van der Waals surface area contributed by atoms with Crippen LogP contribution in [0.3, 0.4) is 0 Å². The highest BCUT2D eigenvalue weighted by molar-refractivity contribution is 6.30. The van der Waals surface area contributed by atoms with Crippen molar-refractivity contribution in [2.24, 2.45) is 0 Å². The third-order valence-corrected chi connectivity index (χ3v) is 4.02. The van der Waals surface area contributed by atoms with Crippen LogP contribution in [0.2, 0.25) is 5.02 Å². The molecule has 2 aromatic carbocycles. The van der Waals surface area contributed by atoms with Gasteiger partial charge in [-0.15, -0.1) is 0 Å². The summed E-state index contributed by atoms with van der Waals surface area (Å²) in [5.41, 5.74) is 1.28. The molecule has 0 aliphatic carbocycles. The summed E-state index contributed by atoms with van der Waals surface area (Å²) in [6, 6.07) is 19.4. The Morgan fingerprint density at radius 3 is 2.52 bits per heavy atom. The van der Waals surface area contributed by atoms with Crippen molar-refractivity contribution in [3.05, 3.63) is 82.1 Å². The first-order valence-corrected chi connectivity index (χ1v) is 8.78. The molecule has 0 saturated carbocycles. The van der Waals surface area contributed by atoms with E-state index in [1.54, 1.807) is 30.3 Å². The SMILES string of the molecule is O=C(COc1ccccc1)NCCn1nc(-c2ccc(Cl)cc2)ccc1=O. The Kier molecular flexibility index (Phi) is 6.22. The molecule has 1 aromatic heterocycles. The maximum absolute atomic E-state index is 12.0. The molecule has 0 atom stereocenters. The van der Waals surface area contributed by atoms with Gasteiger partial charge in [0.25, 0.3) is 11.5 Å². The Hall–Kier alpha value is -3.12. The third kappa shape index (κ3) is 5.43. The molecule has 3 rings (SSSR count). The third-order valence-electron chi connectivity index (χ3n) is 3.77. The molecule has 0 saturated heterocycles. The van der Waals surface area contributed by atoms with Gasteiger partial charge in [-0.1, -0.05) is 41.9 Å². The number of hydrogen-bond acceptors (Lipinski definition) is 4. The number of carbonyl (C=O) groups excluding carboxylic acids is 1. The van der Waals surface area contributed by atoms with E-state index < -0.39 is 0 Å². The quantitative estimate of drug-likeness (QED) is 0.680. The highest BCUT2D eigenvalue weighted by Gasteiger charge is 2.06. The summed E-state index contributed by atoms with van der Waals surface area (Å²) in [6.45, 7) is 0.447. The molecule has 7 heteroatoms. The van der Waals surface area contributed by atoms with Gasteiger partial charge in [0.05, 0.1) is 12.2 Å². The van der Waals surface area contributed by atoms with Gasteiger partial charge < -0.3 is 10.1 Å². The van der Waals surface area contributed by atoms with E-state index in [1.807, 2.05) is 30.3 Å². The number of nitrogens with zero attached hydrogens (tertiary/aromatic N) is 2. The van der Waals surface area contributed by atoms with E-state index >= 15 is 0 Å². The molecular formula is C20H18ClN3O3. The Bertz CT molecular complexity index is 956. The van der Waals surface area contributed by atoms with Crippen LogP contribution in [0, 0.1) is 0 Å². The van der Waals surface area contributed by atoms with Crippen molar-refractivity contribution in [3.8, 4) is 17.0 Å². The minimum atomic E-state index is -0.263. The zero-order valence-corrected chi connectivity index (χ0v) is 15.2. The van der Waals surface area contributed by atoms with Crippen LogP contribution >= 0.6 is 11.6 Å². The molecule has 0 fully saturated rings. The van der Waals surface area contributed by atoms with Crippen molar-refractivity contribution in [1.82, 2.24) is 15.1 Å². The van der Waals surface area contributed by atoms with E-state index in [2.05, 4.69) is 10.4 Å². The maximum atomic E-state index is 12.0. The van der Waals surface area contributed by atoms with E-state index in [-0.39, 0.29) is 31.2 Å². The fourth-order valence-electron chi connectivity index (χ4n) is 2.40. The second-order valence-corrected chi connectivity index (χ2v) is 6.17. The molecule has 0 radical (unpaired) electrons. The molecule has 1 amide bonds. The van der Waals surface area contributed by atoms with Crippen molar-refractivity contribution in [3.63, 3.8) is 0 Å². The fraction of sp³-hybridized carbons (Fsp3) is 0.150. The van der Waals surface area contributed by atoms with Gasteiger partial charge >= 0.3 is 0 Å². The number of para-hydroxylation sites is 1. The first-order chi connectivity index (χ1) is 13.1. The van der Waals surface area contributed by atoms with Crippen LogP contribution in [0.1, 0.15) is 0 Å². The zero-order chi connectivity index (χ0) is 19.1. The molecule has 0 spiro atoms. The van der Waals surface area contributed by atoms with Gasteiger partial charge in [-0.05, 0) is 30.3 Å². The normalized spacial score (nSPS) is 10.4. The monoisotopic (exact) mass is 383 g/mol. The molecule has 1 N–H and O–H groups in total. The molecule has 138 valence electrons. The number of benzene rings is 2. The van der Waals surface area contributed by atoms with Gasteiger partial charge in [0.1, 0.15) is 5.75 Å². The largest absolute Gasteiger partial charge is 0.484 e. The first kappa shape index (κ1) is 18.7. The van der Waals surface area contributed by atoms with Crippen molar-refractivity contribution in [1.29, 1.82) is 0 Å². The average molecular weight is 384 g/mol. The predicted molar refractivity (Wildman–Crippen MR) is 104 cm³/mol. The number of halogens is 1. The highest BCUT2D eigenvalue weighted by atomic mass is 35.5. The Morgan fingerprint density at radius 1 is 1.04 bits per heavy atom. The summed E-state index contributed by atoms with van der Waals surface area (Å²) in [5, 5.41) is 7.69. The van der Waals surface area contributed by atoms with Gasteiger partial charge in [-0.25, -0.2) is 4.68 Å². The summed E-state index contributed by atoms with van der Waals surface area (Å²) < 4.78 is 6.70. The first-order valence-electron chi connectivity index (χ1n) is 8.40. The number of nitrogens with one attached hydrogen (secondary N) is 1. The summed E-state index contributed by atoms with van der Waals surface area (Å²) in [5.74, 6) is 0.363. The van der Waals surface area contributed by atoms with E-state index in [0.717, 1.165) is 5.56 Å². The fourth-order valence-corrected chi connectivity index (χ4v) is 2.53. The molecule has 3 aromatic rings. The Balaban J connectivity index is 1.54. The highest BCUT2D eigenvalue weighted by Crippen LogP contribution is 2.18. The standard InChI is InChI=1S/C20H18ClN3O3/c21-16-8-6-15(7-9-16)18-10-11-20(26)24(23-18)13-12-22-19(25)14-27-17-4-2-1-3-5-17/h1-11H,12-14H2,(H,22,25). The van der Waals surface area contributed by atoms with Crippen molar-refractivity contribution in [2.75, 3.05) is 13.2 Å². The number of ether oxygens (including phenoxy) is 1. The van der Waals surface area contributed by atoms with Crippen LogP contribution in [0.4, 0.5) is 0 Å². The van der Waals surface area contributed by atoms with Gasteiger partial charge in [0.15, 0.2) is 6.61 Å². The van der Waals surface area contributed by atoms with Gasteiger partial charge in [0, 0.05) is 23.2 Å². The topological polar surface area (TPSA) is 73.2 Å². The number of rotatable bonds is 7.